The van der Waals surface area contributed by atoms with Gasteiger partial charge in [0, 0.05) is 48.6 Å². The molecular weight excluding hydrogens is 312 g/mol. The van der Waals surface area contributed by atoms with Crippen molar-refractivity contribution in [2.45, 2.75) is 32.2 Å². The minimum atomic E-state index is -0.0763. The molecule has 0 amide bonds. The van der Waals surface area contributed by atoms with Gasteiger partial charge in [-0.25, -0.2) is 0 Å². The van der Waals surface area contributed by atoms with E-state index in [0.717, 1.165) is 19.4 Å². The van der Waals surface area contributed by atoms with Crippen LogP contribution in [0.25, 0.3) is 16.5 Å². The highest BCUT2D eigenvalue weighted by atomic mass is 16.3. The second-order valence-electron chi connectivity index (χ2n) is 7.56. The highest BCUT2D eigenvalue weighted by molar-refractivity contribution is 5.99. The zero-order valence-corrected chi connectivity index (χ0v) is 15.0. The van der Waals surface area contributed by atoms with Gasteiger partial charge in [-0.1, -0.05) is 31.6 Å². The smallest absolute Gasteiger partial charge is 0.141 e. The van der Waals surface area contributed by atoms with Crippen LogP contribution >= 0.6 is 0 Å². The molecule has 2 aromatic rings. The first-order valence-corrected chi connectivity index (χ1v) is 9.27. The minimum absolute atomic E-state index is 0.0763. The molecule has 2 aliphatic rings. The minimum Gasteiger partial charge on any atom is -0.396 e. The van der Waals surface area contributed by atoms with Gasteiger partial charge in [0.25, 0.3) is 0 Å². The lowest BCUT2D eigenvalue weighted by atomic mass is 9.78. The number of rotatable bonds is 5. The van der Waals surface area contributed by atoms with Crippen LogP contribution in [-0.4, -0.2) is 47.0 Å². The molecule has 0 fully saturated rings. The summed E-state index contributed by atoms with van der Waals surface area (Å²) in [5, 5.41) is 10.7. The van der Waals surface area contributed by atoms with E-state index < -0.39 is 0 Å². The first-order valence-electron chi connectivity index (χ1n) is 9.27. The van der Waals surface area contributed by atoms with E-state index in [4.69, 9.17) is 0 Å². The third kappa shape index (κ3) is 2.74. The molecule has 4 nitrogen and oxygen atoms in total. The summed E-state index contributed by atoms with van der Waals surface area (Å²) in [6, 6.07) is 6.73. The van der Waals surface area contributed by atoms with E-state index >= 15 is 0 Å². The number of nitrogens with one attached hydrogen (secondary N) is 1. The highest BCUT2D eigenvalue weighted by Crippen LogP contribution is 2.41. The maximum absolute atomic E-state index is 12.8. The molecule has 4 heteroatoms. The molecule has 0 saturated heterocycles. The molecule has 2 heterocycles. The van der Waals surface area contributed by atoms with Crippen LogP contribution in [0, 0.1) is 11.8 Å². The average molecular weight is 338 g/mol. The molecule has 1 aromatic carbocycles. The Labute approximate surface area is 148 Å². The molecule has 0 spiro atoms. The number of aliphatic hydroxyl groups is 1. The van der Waals surface area contributed by atoms with E-state index in [-0.39, 0.29) is 24.2 Å². The average Bonchev–Trinajstić information content (AvgIpc) is 3.04. The second kappa shape index (κ2) is 6.43. The van der Waals surface area contributed by atoms with Crippen molar-refractivity contribution in [2.75, 3.05) is 20.2 Å². The zero-order valence-electron chi connectivity index (χ0n) is 15.0. The molecule has 0 saturated carbocycles. The first-order chi connectivity index (χ1) is 12.1. The van der Waals surface area contributed by atoms with Crippen LogP contribution in [0.5, 0.6) is 0 Å². The largest absolute Gasteiger partial charge is 0.396 e. The number of carbonyl (C=O) groups excluding carboxylic acids is 1. The molecule has 0 bridgehead atoms. The topological polar surface area (TPSA) is 56.3 Å². The zero-order chi connectivity index (χ0) is 17.6. The monoisotopic (exact) mass is 338 g/mol. The third-order valence-corrected chi connectivity index (χ3v) is 6.01. The number of carbonyl (C=O) groups is 1. The summed E-state index contributed by atoms with van der Waals surface area (Å²) in [6.45, 7) is 2.89. The maximum atomic E-state index is 12.8. The summed E-state index contributed by atoms with van der Waals surface area (Å²) in [6.07, 6.45) is 6.65. The van der Waals surface area contributed by atoms with Gasteiger partial charge in [-0.2, -0.15) is 0 Å². The van der Waals surface area contributed by atoms with E-state index in [1.165, 1.54) is 27.6 Å². The molecule has 132 valence electrons. The fourth-order valence-corrected chi connectivity index (χ4v) is 4.42. The lowest BCUT2D eigenvalue weighted by Gasteiger charge is -2.39. The quantitative estimate of drug-likeness (QED) is 0.881. The lowest BCUT2D eigenvalue weighted by Crippen LogP contribution is -2.44. The normalized spacial score (nSPS) is 24.0. The van der Waals surface area contributed by atoms with Crippen molar-refractivity contribution in [3.8, 4) is 0 Å². The Hall–Kier alpha value is -1.91. The number of ketones is 1. The van der Waals surface area contributed by atoms with E-state index in [2.05, 4.69) is 47.4 Å². The first kappa shape index (κ1) is 16.6. The van der Waals surface area contributed by atoms with Gasteiger partial charge in [0.2, 0.25) is 0 Å². The number of H-pyrrole nitrogens is 1. The Morgan fingerprint density at radius 2 is 2.28 bits per heavy atom. The van der Waals surface area contributed by atoms with E-state index in [1.807, 2.05) is 6.92 Å². The fraction of sp³-hybridized carbons (Fsp3) is 0.476. The summed E-state index contributed by atoms with van der Waals surface area (Å²) in [5.41, 5.74) is 5.11. The highest BCUT2D eigenvalue weighted by Gasteiger charge is 2.35. The van der Waals surface area contributed by atoms with E-state index in [1.54, 1.807) is 0 Å². The Bertz CT molecular complexity index is 832. The number of hydrogen-bond donors (Lipinski definition) is 2. The van der Waals surface area contributed by atoms with Crippen LogP contribution in [-0.2, 0) is 11.2 Å². The molecule has 1 aliphatic carbocycles. The predicted octanol–water partition coefficient (Wildman–Crippen LogP) is 3.02. The number of Topliss-reactive ketones (excluding diaryl/α,β-unsaturated/α-hetero) is 1. The van der Waals surface area contributed by atoms with Crippen molar-refractivity contribution in [2.24, 2.45) is 11.8 Å². The number of aromatic amines is 1. The molecule has 3 unspecified atom stereocenters. The summed E-state index contributed by atoms with van der Waals surface area (Å²) >= 11 is 0. The summed E-state index contributed by atoms with van der Waals surface area (Å²) in [7, 11) is 2.12. The van der Waals surface area contributed by atoms with Crippen LogP contribution in [0.2, 0.25) is 0 Å². The van der Waals surface area contributed by atoms with Gasteiger partial charge < -0.3 is 10.1 Å². The Kier molecular flexibility index (Phi) is 4.26. The molecule has 4 rings (SSSR count). The SMILES string of the molecule is CCC(CO)CC(=O)C1C=C2c3cccc4[nH]cc(c34)CC2N(C)C1. The van der Waals surface area contributed by atoms with Gasteiger partial charge in [0.1, 0.15) is 5.78 Å². The van der Waals surface area contributed by atoms with Crippen LogP contribution in [0.3, 0.4) is 0 Å². The number of benzene rings is 1. The molecule has 3 atom stereocenters. The summed E-state index contributed by atoms with van der Waals surface area (Å²) in [5.74, 6) is 0.262. The number of nitrogens with zero attached hydrogens (tertiary/aromatic N) is 1. The summed E-state index contributed by atoms with van der Waals surface area (Å²) in [4.78, 5) is 18.5. The van der Waals surface area contributed by atoms with E-state index in [9.17, 15) is 9.90 Å². The standard InChI is InChI=1S/C21H26N2O2/c1-3-13(12-24)7-20(25)15-8-17-16-5-4-6-18-21(16)14(10-22-18)9-19(17)23(2)11-15/h4-6,8,10,13,15,19,22,24H,3,7,9,11-12H2,1-2H3. The number of likely N-dealkylation sites (N-methyl/N-ethyl adjacent to an activating group) is 1. The van der Waals surface area contributed by atoms with Gasteiger partial charge in [-0.3, -0.25) is 9.69 Å². The number of hydrogen-bond acceptors (Lipinski definition) is 3. The molecule has 25 heavy (non-hydrogen) atoms. The maximum Gasteiger partial charge on any atom is 0.141 e. The molecule has 1 aromatic heterocycles. The van der Waals surface area contributed by atoms with Crippen molar-refractivity contribution in [3.63, 3.8) is 0 Å². The Balaban J connectivity index is 1.71. The van der Waals surface area contributed by atoms with Crippen molar-refractivity contribution < 1.29 is 9.90 Å². The van der Waals surface area contributed by atoms with Crippen LogP contribution in [0.15, 0.2) is 30.5 Å². The number of aromatic nitrogens is 1. The lowest BCUT2D eigenvalue weighted by molar-refractivity contribution is -0.123. The molecule has 2 N–H and O–H groups in total. The van der Waals surface area contributed by atoms with Crippen LogP contribution in [0.4, 0.5) is 0 Å². The van der Waals surface area contributed by atoms with Gasteiger partial charge in [0.05, 0.1) is 0 Å². The van der Waals surface area contributed by atoms with Crippen molar-refractivity contribution >= 4 is 22.3 Å². The van der Waals surface area contributed by atoms with Crippen molar-refractivity contribution in [1.29, 1.82) is 0 Å². The molecular formula is C21H26N2O2. The van der Waals surface area contributed by atoms with Gasteiger partial charge in [-0.15, -0.1) is 0 Å². The third-order valence-electron chi connectivity index (χ3n) is 6.01. The Morgan fingerprint density at radius 3 is 3.04 bits per heavy atom. The molecule has 1 aliphatic heterocycles. The Morgan fingerprint density at radius 1 is 1.44 bits per heavy atom. The summed E-state index contributed by atoms with van der Waals surface area (Å²) < 4.78 is 0. The second-order valence-corrected chi connectivity index (χ2v) is 7.56. The molecule has 0 radical (unpaired) electrons. The van der Waals surface area contributed by atoms with E-state index in [0.29, 0.717) is 12.5 Å². The number of fused-ring (bicyclic) bond motifs is 2. The predicted molar refractivity (Wildman–Crippen MR) is 100 cm³/mol. The van der Waals surface area contributed by atoms with Crippen LogP contribution in [0.1, 0.15) is 30.9 Å². The van der Waals surface area contributed by atoms with Crippen LogP contribution < -0.4 is 0 Å². The van der Waals surface area contributed by atoms with Gasteiger partial charge in [0.15, 0.2) is 0 Å². The number of aliphatic hydroxyl groups excluding tert-OH is 1. The van der Waals surface area contributed by atoms with Gasteiger partial charge in [-0.05, 0) is 42.2 Å². The fourth-order valence-electron chi connectivity index (χ4n) is 4.42. The van der Waals surface area contributed by atoms with Crippen molar-refractivity contribution in [3.05, 3.63) is 41.6 Å². The van der Waals surface area contributed by atoms with Gasteiger partial charge >= 0.3 is 0 Å². The van der Waals surface area contributed by atoms with Crippen molar-refractivity contribution in [1.82, 2.24) is 9.88 Å².